The third kappa shape index (κ3) is 6.40. The second-order valence-electron chi connectivity index (χ2n) is 14.5. The molecule has 8 heteroatoms. The molecule has 0 radical (unpaired) electrons. The second-order valence-corrected chi connectivity index (χ2v) is 29.6. The molecule has 3 rings (SSSR count). The van der Waals surface area contributed by atoms with E-state index >= 15 is 0 Å². The predicted molar refractivity (Wildman–Crippen MR) is 171 cm³/mol. The van der Waals surface area contributed by atoms with Crippen molar-refractivity contribution in [2.24, 2.45) is 0 Å². The molecule has 0 fully saturated rings. The van der Waals surface area contributed by atoms with Crippen molar-refractivity contribution < 1.29 is 0 Å². The van der Waals surface area contributed by atoms with E-state index in [2.05, 4.69) is 106 Å². The lowest BCUT2D eigenvalue weighted by molar-refractivity contribution is 0.704. The lowest BCUT2D eigenvalue weighted by Gasteiger charge is -2.45. The molecular weight excluding hydrogens is 522 g/mol. The lowest BCUT2D eigenvalue weighted by atomic mass is 9.89. The van der Waals surface area contributed by atoms with Gasteiger partial charge in [0.05, 0.1) is 45.1 Å². The number of hydrogen-bond donors (Lipinski definition) is 0. The number of nitrogens with zero attached hydrogens (tertiary/aromatic N) is 4. The van der Waals surface area contributed by atoms with Crippen molar-refractivity contribution in [3.8, 4) is 0 Å². The summed E-state index contributed by atoms with van der Waals surface area (Å²) in [7, 11) is -0.402. The molecule has 0 aliphatic heterocycles. The van der Waals surface area contributed by atoms with E-state index in [-0.39, 0.29) is 18.2 Å². The highest BCUT2D eigenvalue weighted by Crippen LogP contribution is 2.64. The van der Waals surface area contributed by atoms with E-state index < -0.39 is 21.3 Å². The number of aromatic nitrogens is 4. The minimum Gasteiger partial charge on any atom is -0.261 e. The zero-order valence-corrected chi connectivity index (χ0v) is 29.2. The quantitative estimate of drug-likeness (QED) is 0.248. The van der Waals surface area contributed by atoms with Crippen molar-refractivity contribution in [3.05, 3.63) is 71.0 Å². The normalized spacial score (nSPS) is 18.0. The predicted octanol–water partition coefficient (Wildman–Crippen LogP) is 8.29. The highest BCUT2D eigenvalue weighted by molar-refractivity contribution is 7.61. The highest BCUT2D eigenvalue weighted by Gasteiger charge is 2.49. The van der Waals surface area contributed by atoms with Crippen LogP contribution in [0.5, 0.6) is 0 Å². The molecule has 202 valence electrons. The summed E-state index contributed by atoms with van der Waals surface area (Å²) in [6.45, 7) is 29.8. The molecule has 0 amide bonds. The molecule has 0 saturated carbocycles. The van der Waals surface area contributed by atoms with E-state index in [1.165, 1.54) is 5.57 Å². The first-order chi connectivity index (χ1) is 16.8. The molecule has 4 nitrogen and oxygen atoms in total. The fourth-order valence-corrected chi connectivity index (χ4v) is 16.8. The Morgan fingerprint density at radius 2 is 1.24 bits per heavy atom. The maximum atomic E-state index is 4.87. The molecule has 0 N–H and O–H groups in total. The van der Waals surface area contributed by atoms with Crippen LogP contribution in [0.2, 0.25) is 44.8 Å². The Morgan fingerprint density at radius 3 is 1.57 bits per heavy atom. The number of allylic oxidation sites excluding steroid dienone is 4. The number of rotatable bonds is 7. The van der Waals surface area contributed by atoms with Crippen LogP contribution in [0.1, 0.15) is 52.9 Å². The summed E-state index contributed by atoms with van der Waals surface area (Å²) in [5.74, 6) is 0. The van der Waals surface area contributed by atoms with Gasteiger partial charge in [0.15, 0.2) is 0 Å². The minimum absolute atomic E-state index is 0.236. The molecule has 0 bridgehead atoms. The molecule has 37 heavy (non-hydrogen) atoms. The van der Waals surface area contributed by atoms with Crippen LogP contribution in [-0.2, 0) is 5.16 Å². The van der Waals surface area contributed by atoms with Gasteiger partial charge in [-0.05, 0) is 27.6 Å². The summed E-state index contributed by atoms with van der Waals surface area (Å²) in [5.41, 5.74) is 5.33. The summed E-state index contributed by atoms with van der Waals surface area (Å²) in [6, 6.07) is 0. The third-order valence-electron chi connectivity index (χ3n) is 7.34. The van der Waals surface area contributed by atoms with Gasteiger partial charge in [-0.3, -0.25) is 19.9 Å². The van der Waals surface area contributed by atoms with E-state index in [4.69, 9.17) is 9.97 Å². The van der Waals surface area contributed by atoms with Crippen LogP contribution in [0, 0.1) is 0 Å². The van der Waals surface area contributed by atoms with E-state index in [9.17, 15) is 0 Å². The summed E-state index contributed by atoms with van der Waals surface area (Å²) in [5, 5.41) is 1.56. The minimum atomic E-state index is -1.63. The van der Waals surface area contributed by atoms with Crippen molar-refractivity contribution in [1.82, 2.24) is 19.9 Å². The van der Waals surface area contributed by atoms with Crippen LogP contribution in [0.3, 0.4) is 0 Å². The van der Waals surface area contributed by atoms with Gasteiger partial charge in [-0.25, -0.2) is 0 Å². The average Bonchev–Trinajstić information content (AvgIpc) is 3.17. The van der Waals surface area contributed by atoms with Crippen LogP contribution in [0.15, 0.2) is 59.6 Å². The Hall–Kier alpha value is -1.07. The Morgan fingerprint density at radius 1 is 0.784 bits per heavy atom. The molecule has 1 aliphatic carbocycles. The van der Waals surface area contributed by atoms with E-state index in [1.807, 2.05) is 12.4 Å². The van der Waals surface area contributed by atoms with Gasteiger partial charge < -0.3 is 0 Å². The Balaban J connectivity index is 2.45. The van der Waals surface area contributed by atoms with Gasteiger partial charge in [0, 0.05) is 24.8 Å². The van der Waals surface area contributed by atoms with Crippen LogP contribution >= 0.6 is 17.2 Å². The number of hydrogen-bond acceptors (Lipinski definition) is 4. The largest absolute Gasteiger partial charge is 0.261 e. The molecule has 2 heterocycles. The van der Waals surface area contributed by atoms with Gasteiger partial charge in [-0.15, -0.1) is 9.24 Å². The second kappa shape index (κ2) is 10.5. The molecular formula is C29H48N4P2Si2. The van der Waals surface area contributed by atoms with Crippen LogP contribution < -0.4 is 0 Å². The fraction of sp³-hybridized carbons (Fsp3) is 0.586. The Bertz CT molecular complexity index is 1100. The average molecular weight is 571 g/mol. The molecule has 0 spiro atoms. The van der Waals surface area contributed by atoms with Gasteiger partial charge >= 0.3 is 0 Å². The van der Waals surface area contributed by atoms with Crippen molar-refractivity contribution >= 4 is 33.3 Å². The SMILES string of the molecule is CC(C)(C)P(CC1=C(C(P)(c2cnccn2)c2cnccn2)C=C([Si](C)(C)C)C1[Si](C)(C)C)C(C)(C)C. The zero-order valence-electron chi connectivity index (χ0n) is 25.1. The molecule has 2 aromatic heterocycles. The summed E-state index contributed by atoms with van der Waals surface area (Å²) >= 11 is 0. The standard InChI is InChI=1S/C29H48N4P2Si2/c1-27(2,3)35(28(4,5)6)20-21-22(17-23(36(7,8)9)26(21)37(10,11)12)29(34,24-18-30-13-15-32-24)25-19-31-14-16-33-25/h13-19,26H,20,34H2,1-12H3. The summed E-state index contributed by atoms with van der Waals surface area (Å²) < 4.78 is 0. The fourth-order valence-electron chi connectivity index (χ4n) is 5.92. The molecule has 0 saturated heterocycles. The molecule has 2 atom stereocenters. The Kier molecular flexibility index (Phi) is 8.64. The topological polar surface area (TPSA) is 51.6 Å². The molecule has 2 aromatic rings. The maximum Gasteiger partial charge on any atom is 0.0963 e. The van der Waals surface area contributed by atoms with E-state index in [1.54, 1.807) is 35.6 Å². The Labute approximate surface area is 231 Å². The van der Waals surface area contributed by atoms with Crippen LogP contribution in [0.4, 0.5) is 0 Å². The maximum absolute atomic E-state index is 4.87. The zero-order chi connectivity index (χ0) is 28.0. The van der Waals surface area contributed by atoms with Gasteiger partial charge in [-0.1, -0.05) is 106 Å². The molecule has 2 unspecified atom stereocenters. The van der Waals surface area contributed by atoms with Crippen LogP contribution in [0.25, 0.3) is 0 Å². The monoisotopic (exact) mass is 570 g/mol. The lowest BCUT2D eigenvalue weighted by Crippen LogP contribution is -2.39. The highest BCUT2D eigenvalue weighted by atomic mass is 31.1. The molecule has 1 aliphatic rings. The van der Waals surface area contributed by atoms with Crippen molar-refractivity contribution in [3.63, 3.8) is 0 Å². The van der Waals surface area contributed by atoms with Gasteiger partial charge in [0.2, 0.25) is 0 Å². The van der Waals surface area contributed by atoms with Crippen molar-refractivity contribution in [1.29, 1.82) is 0 Å². The summed E-state index contributed by atoms with van der Waals surface area (Å²) in [4.78, 5) is 18.7. The summed E-state index contributed by atoms with van der Waals surface area (Å²) in [6.07, 6.45) is 14.6. The van der Waals surface area contributed by atoms with E-state index in [0.29, 0.717) is 5.54 Å². The first-order valence-electron chi connectivity index (χ1n) is 13.3. The van der Waals surface area contributed by atoms with Crippen LogP contribution in [-0.4, -0.2) is 52.6 Å². The van der Waals surface area contributed by atoms with Gasteiger partial charge in [-0.2, -0.15) is 0 Å². The smallest absolute Gasteiger partial charge is 0.0963 e. The van der Waals surface area contributed by atoms with Gasteiger partial charge in [0.25, 0.3) is 0 Å². The van der Waals surface area contributed by atoms with Crippen molar-refractivity contribution in [2.45, 2.75) is 102 Å². The van der Waals surface area contributed by atoms with Gasteiger partial charge in [0.1, 0.15) is 0 Å². The van der Waals surface area contributed by atoms with Crippen molar-refractivity contribution in [2.75, 3.05) is 6.16 Å². The first-order valence-corrected chi connectivity index (χ1v) is 22.5. The van der Waals surface area contributed by atoms with E-state index in [0.717, 1.165) is 17.5 Å². The first kappa shape index (κ1) is 30.5. The molecule has 0 aromatic carbocycles. The third-order valence-corrected chi connectivity index (χ3v) is 17.0.